The summed E-state index contributed by atoms with van der Waals surface area (Å²) < 4.78 is 4.87. The standard InChI is InChI=1S/C20H18BrClN4OS/c1-12-17-9-18(19(27)25(3)11-16-7-13(21)10-24(16)2)28-20(17)26(23-12)15-6-4-5-14(22)8-15/h4-10H,11H2,1-3H3. The lowest BCUT2D eigenvalue weighted by Gasteiger charge is -2.16. The summed E-state index contributed by atoms with van der Waals surface area (Å²) in [5.41, 5.74) is 2.83. The molecule has 28 heavy (non-hydrogen) atoms. The van der Waals surface area contributed by atoms with Crippen molar-refractivity contribution in [1.29, 1.82) is 0 Å². The lowest BCUT2D eigenvalue weighted by atomic mass is 10.3. The van der Waals surface area contributed by atoms with E-state index in [-0.39, 0.29) is 5.91 Å². The van der Waals surface area contributed by atoms with Crippen molar-refractivity contribution in [1.82, 2.24) is 19.2 Å². The second-order valence-electron chi connectivity index (χ2n) is 6.73. The minimum Gasteiger partial charge on any atom is -0.352 e. The smallest absolute Gasteiger partial charge is 0.264 e. The van der Waals surface area contributed by atoms with Crippen LogP contribution in [0, 0.1) is 6.92 Å². The molecule has 1 amide bonds. The Labute approximate surface area is 180 Å². The Hall–Kier alpha value is -2.09. The average molecular weight is 478 g/mol. The number of aromatic nitrogens is 3. The van der Waals surface area contributed by atoms with Crippen LogP contribution in [0.25, 0.3) is 15.9 Å². The Morgan fingerprint density at radius 1 is 1.32 bits per heavy atom. The number of aryl methyl sites for hydroxylation is 2. The molecule has 0 aliphatic heterocycles. The van der Waals surface area contributed by atoms with Crippen molar-refractivity contribution < 1.29 is 4.79 Å². The van der Waals surface area contributed by atoms with E-state index < -0.39 is 0 Å². The van der Waals surface area contributed by atoms with Crippen LogP contribution in [0.15, 0.2) is 47.1 Å². The number of fused-ring (bicyclic) bond motifs is 1. The third-order valence-electron chi connectivity index (χ3n) is 4.63. The predicted octanol–water partition coefficient (Wildman–Crippen LogP) is 5.42. The first-order chi connectivity index (χ1) is 13.3. The molecule has 3 heterocycles. The van der Waals surface area contributed by atoms with Crippen molar-refractivity contribution >= 4 is 55.0 Å². The van der Waals surface area contributed by atoms with Crippen molar-refractivity contribution in [2.45, 2.75) is 13.5 Å². The average Bonchev–Trinajstić information content (AvgIpc) is 3.30. The highest BCUT2D eigenvalue weighted by molar-refractivity contribution is 9.10. The fourth-order valence-corrected chi connectivity index (χ4v) is 5.10. The third-order valence-corrected chi connectivity index (χ3v) is 6.40. The number of hydrogen-bond acceptors (Lipinski definition) is 3. The van der Waals surface area contributed by atoms with Gasteiger partial charge in [-0.15, -0.1) is 11.3 Å². The van der Waals surface area contributed by atoms with Crippen molar-refractivity contribution in [2.75, 3.05) is 7.05 Å². The number of carbonyl (C=O) groups excluding carboxylic acids is 1. The fraction of sp³-hybridized carbons (Fsp3) is 0.200. The van der Waals surface area contributed by atoms with E-state index >= 15 is 0 Å². The molecule has 0 bridgehead atoms. The van der Waals surface area contributed by atoms with Gasteiger partial charge in [0.2, 0.25) is 0 Å². The Balaban J connectivity index is 1.67. The first-order valence-electron chi connectivity index (χ1n) is 8.65. The summed E-state index contributed by atoms with van der Waals surface area (Å²) >= 11 is 11.1. The Kier molecular flexibility index (Phi) is 5.07. The minimum atomic E-state index is -0.00411. The van der Waals surface area contributed by atoms with Gasteiger partial charge in [-0.1, -0.05) is 17.7 Å². The van der Waals surface area contributed by atoms with Gasteiger partial charge in [0.05, 0.1) is 22.8 Å². The number of amides is 1. The van der Waals surface area contributed by atoms with Crippen LogP contribution in [-0.4, -0.2) is 32.2 Å². The predicted molar refractivity (Wildman–Crippen MR) is 118 cm³/mol. The molecule has 0 N–H and O–H groups in total. The minimum absolute atomic E-state index is 0.00411. The first kappa shape index (κ1) is 19.2. The topological polar surface area (TPSA) is 43.1 Å². The highest BCUT2D eigenvalue weighted by Gasteiger charge is 2.20. The quantitative estimate of drug-likeness (QED) is 0.394. The van der Waals surface area contributed by atoms with E-state index in [9.17, 15) is 4.79 Å². The zero-order valence-corrected chi connectivity index (χ0v) is 18.8. The molecule has 5 nitrogen and oxygen atoms in total. The Morgan fingerprint density at radius 2 is 2.11 bits per heavy atom. The van der Waals surface area contributed by atoms with Crippen LogP contribution in [0.3, 0.4) is 0 Å². The monoisotopic (exact) mass is 476 g/mol. The number of benzene rings is 1. The highest BCUT2D eigenvalue weighted by atomic mass is 79.9. The third kappa shape index (κ3) is 3.50. The molecule has 1 aromatic carbocycles. The normalized spacial score (nSPS) is 11.3. The Morgan fingerprint density at radius 3 is 2.79 bits per heavy atom. The van der Waals surface area contributed by atoms with Crippen molar-refractivity contribution in [3.8, 4) is 5.69 Å². The van der Waals surface area contributed by atoms with Crippen LogP contribution in [0.2, 0.25) is 5.02 Å². The van der Waals surface area contributed by atoms with E-state index in [2.05, 4.69) is 21.0 Å². The van der Waals surface area contributed by atoms with Gasteiger partial charge in [-0.3, -0.25) is 4.79 Å². The molecule has 0 aliphatic rings. The molecule has 144 valence electrons. The van der Waals surface area contributed by atoms with E-state index in [1.54, 1.807) is 4.90 Å². The van der Waals surface area contributed by atoms with Gasteiger partial charge in [-0.2, -0.15) is 5.10 Å². The summed E-state index contributed by atoms with van der Waals surface area (Å²) in [6, 6.07) is 11.5. The second-order valence-corrected chi connectivity index (χ2v) is 9.11. The zero-order valence-electron chi connectivity index (χ0n) is 15.6. The van der Waals surface area contributed by atoms with Crippen LogP contribution in [0.4, 0.5) is 0 Å². The molecule has 0 unspecified atom stereocenters. The maximum atomic E-state index is 13.0. The number of rotatable bonds is 4. The van der Waals surface area contributed by atoms with Gasteiger partial charge in [0.1, 0.15) is 4.83 Å². The molecule has 0 fully saturated rings. The van der Waals surface area contributed by atoms with E-state index in [1.165, 1.54) is 11.3 Å². The molecule has 8 heteroatoms. The van der Waals surface area contributed by atoms with Gasteiger partial charge in [-0.05, 0) is 53.2 Å². The van der Waals surface area contributed by atoms with Crippen LogP contribution in [0.5, 0.6) is 0 Å². The van der Waals surface area contributed by atoms with Crippen LogP contribution in [-0.2, 0) is 13.6 Å². The second kappa shape index (κ2) is 7.39. The molecule has 4 aromatic rings. The molecule has 3 aromatic heterocycles. The summed E-state index contributed by atoms with van der Waals surface area (Å²) in [6.07, 6.45) is 1.98. The summed E-state index contributed by atoms with van der Waals surface area (Å²) in [4.78, 5) is 16.4. The molecule has 0 saturated carbocycles. The summed E-state index contributed by atoms with van der Waals surface area (Å²) in [5, 5.41) is 6.27. The van der Waals surface area contributed by atoms with Crippen molar-refractivity contribution in [2.24, 2.45) is 7.05 Å². The molecular formula is C20H18BrClN4OS. The van der Waals surface area contributed by atoms with E-state index in [4.69, 9.17) is 11.6 Å². The van der Waals surface area contributed by atoms with Gasteiger partial charge in [0, 0.05) is 40.9 Å². The molecule has 0 atom stereocenters. The van der Waals surface area contributed by atoms with Gasteiger partial charge >= 0.3 is 0 Å². The molecule has 4 rings (SSSR count). The van der Waals surface area contributed by atoms with Crippen LogP contribution >= 0.6 is 38.9 Å². The van der Waals surface area contributed by atoms with Gasteiger partial charge in [0.15, 0.2) is 0 Å². The number of carbonyl (C=O) groups is 1. The van der Waals surface area contributed by atoms with Crippen LogP contribution in [0.1, 0.15) is 21.1 Å². The number of thiophene rings is 1. The number of nitrogens with zero attached hydrogens (tertiary/aromatic N) is 4. The molecule has 0 aliphatic carbocycles. The summed E-state index contributed by atoms with van der Waals surface area (Å²) in [6.45, 7) is 2.49. The van der Waals surface area contributed by atoms with E-state index in [0.29, 0.717) is 16.4 Å². The van der Waals surface area contributed by atoms with Gasteiger partial charge < -0.3 is 9.47 Å². The van der Waals surface area contributed by atoms with Crippen LogP contribution < -0.4 is 0 Å². The molecule has 0 saturated heterocycles. The van der Waals surface area contributed by atoms with Gasteiger partial charge in [-0.25, -0.2) is 4.68 Å². The number of halogens is 2. The fourth-order valence-electron chi connectivity index (χ4n) is 3.16. The van der Waals surface area contributed by atoms with E-state index in [0.717, 1.165) is 31.8 Å². The van der Waals surface area contributed by atoms with Crippen molar-refractivity contribution in [3.05, 3.63) is 68.4 Å². The maximum Gasteiger partial charge on any atom is 0.264 e. The lowest BCUT2D eigenvalue weighted by molar-refractivity contribution is 0.0787. The first-order valence-corrected chi connectivity index (χ1v) is 10.6. The van der Waals surface area contributed by atoms with E-state index in [1.807, 2.05) is 72.9 Å². The lowest BCUT2D eigenvalue weighted by Crippen LogP contribution is -2.26. The SMILES string of the molecule is Cc1nn(-c2cccc(Cl)c2)c2sc(C(=O)N(C)Cc3cc(Br)cn3C)cc12. The number of hydrogen-bond donors (Lipinski definition) is 0. The largest absolute Gasteiger partial charge is 0.352 e. The summed E-state index contributed by atoms with van der Waals surface area (Å²) in [7, 11) is 3.80. The highest BCUT2D eigenvalue weighted by Crippen LogP contribution is 2.31. The molecular weight excluding hydrogens is 460 g/mol. The summed E-state index contributed by atoms with van der Waals surface area (Å²) in [5.74, 6) is -0.00411. The maximum absolute atomic E-state index is 13.0. The molecule has 0 radical (unpaired) electrons. The van der Waals surface area contributed by atoms with Crippen molar-refractivity contribution in [3.63, 3.8) is 0 Å². The zero-order chi connectivity index (χ0) is 20.0. The molecule has 0 spiro atoms. The van der Waals surface area contributed by atoms with Gasteiger partial charge in [0.25, 0.3) is 5.91 Å². The Bertz CT molecular complexity index is 1190.